The van der Waals surface area contributed by atoms with Crippen LogP contribution in [0.15, 0.2) is 57.8 Å². The minimum Gasteiger partial charge on any atom is -0.481 e. The fourth-order valence-electron chi connectivity index (χ4n) is 9.17. The Morgan fingerprint density at radius 1 is 0.924 bits per heavy atom. The maximum absolute atomic E-state index is 14.0. The number of ketones is 2. The molecule has 31 nitrogen and oxygen atoms in total. The van der Waals surface area contributed by atoms with Gasteiger partial charge in [-0.05, 0) is 37.6 Å². The number of amides is 5. The molecule has 0 radical (unpaired) electrons. The third kappa shape index (κ3) is 13.3. The molecule has 3 aliphatic heterocycles. The number of H-pyrrole nitrogens is 1. The number of carboxylic acids is 3. The van der Waals surface area contributed by atoms with Gasteiger partial charge in [0.1, 0.15) is 30.8 Å². The zero-order valence-electron chi connectivity index (χ0n) is 42.0. The lowest BCUT2D eigenvalue weighted by Crippen LogP contribution is -2.57. The number of Topliss-reactive ketones (excluding diaryl/α,β-unsaturated/α-hetero) is 2. The molecule has 8 atom stereocenters. The van der Waals surface area contributed by atoms with Crippen molar-refractivity contribution >= 4 is 104 Å². The summed E-state index contributed by atoms with van der Waals surface area (Å²) in [6.07, 6.45) is -1.50. The number of fused-ring (bicyclic) bond motifs is 5. The number of hydrogen-bond donors (Lipinski definition) is 14. The highest BCUT2D eigenvalue weighted by atomic mass is 33.1. The third-order valence-electron chi connectivity index (χ3n) is 13.1. The van der Waals surface area contributed by atoms with Gasteiger partial charge in [-0.1, -0.05) is 21.6 Å². The molecule has 79 heavy (non-hydrogen) atoms. The Morgan fingerprint density at radius 3 is 2.30 bits per heavy atom. The van der Waals surface area contributed by atoms with E-state index in [0.29, 0.717) is 17.9 Å². The summed E-state index contributed by atoms with van der Waals surface area (Å²) < 4.78 is 11.1. The molecule has 2 saturated heterocycles. The molecule has 5 amide bonds. The zero-order valence-corrected chi connectivity index (χ0v) is 43.6. The molecule has 17 N–H and O–H groups in total. The Bertz CT molecular complexity index is 3100. The number of hydrogen-bond acceptors (Lipinski definition) is 24. The number of nitrogens with zero attached hydrogens (tertiary/aromatic N) is 4. The molecule has 1 aliphatic carbocycles. The van der Waals surface area contributed by atoms with Crippen molar-refractivity contribution in [1.82, 2.24) is 56.7 Å². The standard InChI is InChI=1S/C46H55N15O16S2/c1-18-31(35(66)30-22(16-77-45(49)75)46(76-2)36-26(55-36)15-61(46)33(30)34(18)65)50-9-10-78-79-17-27(43(73)74)58-40(69)25(11-29(63)64)57-39(68)23(47)14-52-28(62)8-7-24(42(71)72)56-38(67)19-3-5-20(6-4-19)51-12-21-13-53-37-32(54-21)41(70)60-44(48)59-37/h3-6,13,22-27,36,50-51,55H,7-12,14-17,47H2,1-2H3,(H2,49,75)(H,52,62)(H,56,67)(H,57,68)(H,58,69)(H,63,64)(H,71,72)(H,73,74)(H3,48,53,59,60,70)/t22-,23+,24-,25+,26+,27+,36+,46-/m1/s1. The second-order valence-corrected chi connectivity index (χ2v) is 20.9. The molecule has 33 heteroatoms. The van der Waals surface area contributed by atoms with Crippen LogP contribution in [0.4, 0.5) is 16.4 Å². The first-order chi connectivity index (χ1) is 37.5. The van der Waals surface area contributed by atoms with E-state index in [0.717, 1.165) is 21.6 Å². The number of allylic oxidation sites excluding steroid dienone is 2. The molecular formula is C46H55N15O16S2. The van der Waals surface area contributed by atoms with Crippen molar-refractivity contribution in [3.8, 4) is 0 Å². The van der Waals surface area contributed by atoms with Gasteiger partial charge in [0.25, 0.3) is 11.5 Å². The van der Waals surface area contributed by atoms with Crippen molar-refractivity contribution in [2.75, 3.05) is 55.9 Å². The molecule has 2 aromatic heterocycles. The Balaban J connectivity index is 0.822. The van der Waals surface area contributed by atoms with Gasteiger partial charge in [0.05, 0.1) is 48.2 Å². The number of ether oxygens (including phenoxy) is 2. The molecule has 0 saturated carbocycles. The van der Waals surface area contributed by atoms with Crippen molar-refractivity contribution in [2.45, 2.75) is 74.7 Å². The predicted octanol–water partition coefficient (Wildman–Crippen LogP) is -3.78. The molecule has 422 valence electrons. The summed E-state index contributed by atoms with van der Waals surface area (Å²) in [5.74, 6) is -10.2. The number of piperazine rings is 1. The molecular weight excluding hydrogens is 1080 g/mol. The molecule has 5 heterocycles. The van der Waals surface area contributed by atoms with Gasteiger partial charge >= 0.3 is 24.0 Å². The number of benzene rings is 1. The summed E-state index contributed by atoms with van der Waals surface area (Å²) in [6, 6.07) is -0.832. The minimum atomic E-state index is -1.82. The Kier molecular flexibility index (Phi) is 18.4. The summed E-state index contributed by atoms with van der Waals surface area (Å²) in [5, 5.41) is 47.5. The lowest BCUT2D eigenvalue weighted by atomic mass is 9.82. The number of aliphatic carboxylic acids is 3. The largest absolute Gasteiger partial charge is 0.481 e. The molecule has 0 bridgehead atoms. The number of anilines is 2. The van der Waals surface area contributed by atoms with Crippen LogP contribution >= 0.6 is 21.6 Å². The van der Waals surface area contributed by atoms with Crippen LogP contribution < -0.4 is 60.0 Å². The second-order valence-electron chi connectivity index (χ2n) is 18.2. The minimum absolute atomic E-state index is 0.00687. The van der Waals surface area contributed by atoms with Crippen molar-refractivity contribution in [2.24, 2.45) is 17.4 Å². The van der Waals surface area contributed by atoms with E-state index < -0.39 is 126 Å². The molecule has 0 spiro atoms. The van der Waals surface area contributed by atoms with Crippen molar-refractivity contribution in [1.29, 1.82) is 0 Å². The summed E-state index contributed by atoms with van der Waals surface area (Å²) in [5.41, 5.74) is 16.5. The van der Waals surface area contributed by atoms with Crippen molar-refractivity contribution in [3.05, 3.63) is 74.6 Å². The first kappa shape index (κ1) is 58.3. The van der Waals surface area contributed by atoms with E-state index in [4.69, 9.17) is 26.7 Å². The van der Waals surface area contributed by atoms with E-state index in [1.165, 1.54) is 44.5 Å². The quantitative estimate of drug-likeness (QED) is 0.0144. The Labute approximate surface area is 454 Å². The molecule has 4 aliphatic rings. The average Bonchev–Trinajstić information content (AvgIpc) is 3.78. The predicted molar refractivity (Wildman–Crippen MR) is 278 cm³/mol. The van der Waals surface area contributed by atoms with Gasteiger partial charge in [-0.2, -0.15) is 4.98 Å². The van der Waals surface area contributed by atoms with Crippen molar-refractivity contribution in [3.63, 3.8) is 0 Å². The lowest BCUT2D eigenvalue weighted by molar-refractivity contribution is -0.143. The SMILES string of the molecule is CO[C@@]12[C@H](COC(N)=O)C3=C(C(=O)C(C)=C(NCCSSC[C@H](NC(=O)[C@H](CC(=O)O)NC(=O)[C@@H](N)CNC(=O)CC[C@@H](NC(=O)c4ccc(NCc5cnc6nc(N)[nH]c(=O)c6n5)cc4)C(=O)O)C(=O)O)C3=O)N1C[C@@H]1N[C@@H]12. The van der Waals surface area contributed by atoms with Crippen LogP contribution in [-0.4, -0.2) is 186 Å². The fraction of sp³-hybridized carbons (Fsp3) is 0.435. The zero-order chi connectivity index (χ0) is 57.5. The first-order valence-corrected chi connectivity index (χ1v) is 26.5. The summed E-state index contributed by atoms with van der Waals surface area (Å²) in [6.45, 7) is 1.26. The summed E-state index contributed by atoms with van der Waals surface area (Å²) in [7, 11) is 3.60. The summed E-state index contributed by atoms with van der Waals surface area (Å²) in [4.78, 5) is 156. The van der Waals surface area contributed by atoms with E-state index in [9.17, 15) is 68.1 Å². The number of nitrogens with one attached hydrogen (secondary N) is 8. The van der Waals surface area contributed by atoms with Crippen molar-refractivity contribution < 1.29 is 72.7 Å². The number of rotatable bonds is 28. The van der Waals surface area contributed by atoms with E-state index in [-0.39, 0.29) is 88.5 Å². The van der Waals surface area contributed by atoms with Crippen LogP contribution in [0.2, 0.25) is 0 Å². The Hall–Kier alpha value is -8.40. The topological polar surface area (TPSA) is 497 Å². The number of aromatic amines is 1. The van der Waals surface area contributed by atoms with Crippen LogP contribution in [0.5, 0.6) is 0 Å². The molecule has 3 aromatic rings. The highest BCUT2D eigenvalue weighted by Crippen LogP contribution is 2.55. The number of nitrogens with two attached hydrogens (primary N) is 3. The Morgan fingerprint density at radius 2 is 1.63 bits per heavy atom. The van der Waals surface area contributed by atoms with E-state index in [2.05, 4.69) is 57.2 Å². The average molecular weight is 1140 g/mol. The maximum Gasteiger partial charge on any atom is 0.404 e. The maximum atomic E-state index is 14.0. The van der Waals surface area contributed by atoms with E-state index in [1.807, 2.05) is 0 Å². The molecule has 0 unspecified atom stereocenters. The van der Waals surface area contributed by atoms with Gasteiger partial charge in [-0.15, -0.1) is 0 Å². The van der Waals surface area contributed by atoms with Gasteiger partial charge in [-0.25, -0.2) is 24.4 Å². The molecule has 2 fully saturated rings. The smallest absolute Gasteiger partial charge is 0.404 e. The van der Waals surface area contributed by atoms with E-state index >= 15 is 0 Å². The fourth-order valence-corrected chi connectivity index (χ4v) is 11.2. The van der Waals surface area contributed by atoms with Crippen LogP contribution in [0.25, 0.3) is 11.2 Å². The van der Waals surface area contributed by atoms with Crippen LogP contribution in [0.1, 0.15) is 42.2 Å². The first-order valence-electron chi connectivity index (χ1n) is 24.0. The highest BCUT2D eigenvalue weighted by molar-refractivity contribution is 8.76. The van der Waals surface area contributed by atoms with Crippen LogP contribution in [0, 0.1) is 5.92 Å². The van der Waals surface area contributed by atoms with Crippen LogP contribution in [-0.2, 0) is 54.4 Å². The van der Waals surface area contributed by atoms with Gasteiger partial charge in [0.2, 0.25) is 35.2 Å². The number of methoxy groups -OCH3 is 1. The third-order valence-corrected chi connectivity index (χ3v) is 15.5. The normalized spacial score (nSPS) is 20.4. The highest BCUT2D eigenvalue weighted by Gasteiger charge is 2.72. The van der Waals surface area contributed by atoms with Gasteiger partial charge < -0.3 is 84.1 Å². The number of carboxylic acid groups (broad SMARTS) is 3. The number of nitrogen functional groups attached to an aromatic ring is 1. The second kappa shape index (κ2) is 24.9. The molecule has 7 rings (SSSR count). The number of carbonyl (C=O) groups is 10. The van der Waals surface area contributed by atoms with Gasteiger partial charge in [-0.3, -0.25) is 43.3 Å². The summed E-state index contributed by atoms with van der Waals surface area (Å²) >= 11 is 0. The monoisotopic (exact) mass is 1140 g/mol. The lowest BCUT2D eigenvalue weighted by Gasteiger charge is -2.39. The number of aromatic nitrogens is 4. The number of carbonyl (C=O) groups excluding carboxylic acids is 7. The van der Waals surface area contributed by atoms with E-state index in [1.54, 1.807) is 4.90 Å². The van der Waals surface area contributed by atoms with Crippen LogP contribution in [0.3, 0.4) is 0 Å². The van der Waals surface area contributed by atoms with Gasteiger partial charge in [0.15, 0.2) is 16.9 Å². The van der Waals surface area contributed by atoms with Gasteiger partial charge in [0, 0.05) is 73.1 Å². The molecule has 1 aromatic carbocycles. The number of primary amides is 1.